The third-order valence-corrected chi connectivity index (χ3v) is 3.65. The average Bonchev–Trinajstić information content (AvgIpc) is 3.11. The van der Waals surface area contributed by atoms with Gasteiger partial charge in [-0.15, -0.1) is 0 Å². The first-order valence-electron chi connectivity index (χ1n) is 5.84. The Bertz CT molecular complexity index is 606. The molecular weight excluding hydrogens is 268 g/mol. The number of nitrogens with two attached hydrogens (primary N) is 1. The lowest BCUT2D eigenvalue weighted by Crippen LogP contribution is -2.22. The summed E-state index contributed by atoms with van der Waals surface area (Å²) in [5, 5.41) is 5.17. The molecule has 1 saturated carbocycles. The van der Waals surface area contributed by atoms with E-state index < -0.39 is 10.0 Å². The Hall–Kier alpha value is -1.60. The molecular formula is C12H16N2O4S. The highest BCUT2D eigenvalue weighted by Gasteiger charge is 2.27. The molecule has 0 aliphatic heterocycles. The van der Waals surface area contributed by atoms with Crippen LogP contribution in [-0.2, 0) is 10.0 Å². The molecule has 0 radical (unpaired) electrons. The van der Waals surface area contributed by atoms with Crippen LogP contribution < -0.4 is 9.88 Å². The van der Waals surface area contributed by atoms with Crippen molar-refractivity contribution in [2.75, 3.05) is 14.1 Å². The smallest absolute Gasteiger partial charge is 0.253 e. The molecule has 0 heterocycles. The summed E-state index contributed by atoms with van der Waals surface area (Å²) in [4.78, 5) is 13.0. The number of nitrogens with zero attached hydrogens (tertiary/aromatic N) is 1. The molecule has 0 aromatic heterocycles. The number of benzene rings is 1. The van der Waals surface area contributed by atoms with Crippen LogP contribution in [0.25, 0.3) is 0 Å². The molecule has 0 bridgehead atoms. The zero-order valence-corrected chi connectivity index (χ0v) is 11.6. The van der Waals surface area contributed by atoms with E-state index in [2.05, 4.69) is 0 Å². The molecule has 104 valence electrons. The van der Waals surface area contributed by atoms with Gasteiger partial charge in [-0.25, -0.2) is 13.6 Å². The molecule has 6 nitrogen and oxygen atoms in total. The summed E-state index contributed by atoms with van der Waals surface area (Å²) in [5.74, 6) is -0.0804. The second-order valence-electron chi connectivity index (χ2n) is 4.72. The monoisotopic (exact) mass is 284 g/mol. The van der Waals surface area contributed by atoms with Crippen molar-refractivity contribution in [2.45, 2.75) is 23.8 Å². The first-order chi connectivity index (χ1) is 8.79. The van der Waals surface area contributed by atoms with Crippen LogP contribution in [0.3, 0.4) is 0 Å². The van der Waals surface area contributed by atoms with Crippen molar-refractivity contribution in [2.24, 2.45) is 5.14 Å². The van der Waals surface area contributed by atoms with E-state index in [-0.39, 0.29) is 28.2 Å². The molecule has 2 N–H and O–H groups in total. The van der Waals surface area contributed by atoms with E-state index in [0.29, 0.717) is 0 Å². The Morgan fingerprint density at radius 1 is 1.37 bits per heavy atom. The van der Waals surface area contributed by atoms with Crippen LogP contribution >= 0.6 is 0 Å². The molecule has 19 heavy (non-hydrogen) atoms. The molecule has 1 fully saturated rings. The molecule has 7 heteroatoms. The Kier molecular flexibility index (Phi) is 3.51. The zero-order valence-electron chi connectivity index (χ0n) is 10.8. The van der Waals surface area contributed by atoms with Gasteiger partial charge >= 0.3 is 0 Å². The van der Waals surface area contributed by atoms with E-state index in [9.17, 15) is 13.2 Å². The van der Waals surface area contributed by atoms with Gasteiger partial charge in [-0.1, -0.05) is 0 Å². The van der Waals surface area contributed by atoms with Crippen molar-refractivity contribution < 1.29 is 17.9 Å². The predicted molar refractivity (Wildman–Crippen MR) is 69.5 cm³/mol. The van der Waals surface area contributed by atoms with Crippen LogP contribution in [0.5, 0.6) is 5.75 Å². The van der Waals surface area contributed by atoms with Crippen molar-refractivity contribution in [1.29, 1.82) is 0 Å². The van der Waals surface area contributed by atoms with Crippen LogP contribution in [0.4, 0.5) is 0 Å². The molecule has 0 unspecified atom stereocenters. The molecule has 0 atom stereocenters. The summed E-state index contributed by atoms with van der Waals surface area (Å²) in [6.07, 6.45) is 1.86. The Balaban J connectivity index is 2.44. The number of hydrogen-bond donors (Lipinski definition) is 1. The van der Waals surface area contributed by atoms with Gasteiger partial charge in [0.1, 0.15) is 10.6 Å². The predicted octanol–water partition coefficient (Wildman–Crippen LogP) is 0.577. The number of carbonyl (C=O) groups is 1. The molecule has 1 amide bonds. The van der Waals surface area contributed by atoms with Crippen molar-refractivity contribution in [1.82, 2.24) is 4.90 Å². The normalized spacial score (nSPS) is 15.1. The Morgan fingerprint density at radius 3 is 2.47 bits per heavy atom. The summed E-state index contributed by atoms with van der Waals surface area (Å²) in [7, 11) is -0.747. The number of ether oxygens (including phenoxy) is 1. The highest BCUT2D eigenvalue weighted by molar-refractivity contribution is 7.89. The van der Waals surface area contributed by atoms with E-state index in [0.717, 1.165) is 12.8 Å². The third kappa shape index (κ3) is 3.24. The fraction of sp³-hybridized carbons (Fsp3) is 0.417. The number of hydrogen-bond acceptors (Lipinski definition) is 4. The van der Waals surface area contributed by atoms with Gasteiger partial charge < -0.3 is 9.64 Å². The maximum Gasteiger partial charge on any atom is 0.253 e. The lowest BCUT2D eigenvalue weighted by atomic mass is 10.2. The molecule has 2 rings (SSSR count). The largest absolute Gasteiger partial charge is 0.489 e. The highest BCUT2D eigenvalue weighted by atomic mass is 32.2. The topological polar surface area (TPSA) is 89.7 Å². The third-order valence-electron chi connectivity index (χ3n) is 2.72. The van der Waals surface area contributed by atoms with E-state index >= 15 is 0 Å². The SMILES string of the molecule is CN(C)C(=O)c1ccc(OC2CC2)c(S(N)(=O)=O)c1. The molecule has 1 aliphatic rings. The Labute approximate surface area is 112 Å². The van der Waals surface area contributed by atoms with Crippen molar-refractivity contribution >= 4 is 15.9 Å². The quantitative estimate of drug-likeness (QED) is 0.875. The molecule has 0 saturated heterocycles. The van der Waals surface area contributed by atoms with Crippen LogP contribution in [0.1, 0.15) is 23.2 Å². The first kappa shape index (κ1) is 13.8. The molecule has 1 aromatic rings. The van der Waals surface area contributed by atoms with Crippen molar-refractivity contribution in [3.05, 3.63) is 23.8 Å². The molecule has 1 aliphatic carbocycles. The van der Waals surface area contributed by atoms with Gasteiger partial charge in [0, 0.05) is 19.7 Å². The lowest BCUT2D eigenvalue weighted by molar-refractivity contribution is 0.0827. The van der Waals surface area contributed by atoms with Gasteiger partial charge in [-0.2, -0.15) is 0 Å². The number of primary sulfonamides is 1. The van der Waals surface area contributed by atoms with Gasteiger partial charge in [0.25, 0.3) is 5.91 Å². The number of rotatable bonds is 4. The van der Waals surface area contributed by atoms with Crippen molar-refractivity contribution in [3.8, 4) is 5.75 Å². The first-order valence-corrected chi connectivity index (χ1v) is 7.39. The lowest BCUT2D eigenvalue weighted by Gasteiger charge is -2.13. The Morgan fingerprint density at radius 2 is 2.00 bits per heavy atom. The minimum atomic E-state index is -3.93. The van der Waals surface area contributed by atoms with Gasteiger partial charge in [0.15, 0.2) is 0 Å². The summed E-state index contributed by atoms with van der Waals surface area (Å²) in [5.41, 5.74) is 0.261. The minimum Gasteiger partial charge on any atom is -0.489 e. The van der Waals surface area contributed by atoms with E-state index in [1.165, 1.54) is 23.1 Å². The van der Waals surface area contributed by atoms with Gasteiger partial charge in [0.2, 0.25) is 10.0 Å². The van der Waals surface area contributed by atoms with Gasteiger partial charge in [-0.3, -0.25) is 4.79 Å². The van der Waals surface area contributed by atoms with Gasteiger partial charge in [0.05, 0.1) is 6.10 Å². The second kappa shape index (κ2) is 4.82. The zero-order chi connectivity index (χ0) is 14.2. The maximum absolute atomic E-state index is 11.8. The van der Waals surface area contributed by atoms with Crippen LogP contribution in [0, 0.1) is 0 Å². The molecule has 0 spiro atoms. The van der Waals surface area contributed by atoms with Crippen LogP contribution in [0.15, 0.2) is 23.1 Å². The summed E-state index contributed by atoms with van der Waals surface area (Å²) < 4.78 is 28.6. The van der Waals surface area contributed by atoms with Crippen molar-refractivity contribution in [3.63, 3.8) is 0 Å². The molecule has 1 aromatic carbocycles. The van der Waals surface area contributed by atoms with Crippen LogP contribution in [-0.4, -0.2) is 39.4 Å². The summed E-state index contributed by atoms with van der Waals surface area (Å²) >= 11 is 0. The highest BCUT2D eigenvalue weighted by Crippen LogP contribution is 2.31. The number of sulfonamides is 1. The van der Waals surface area contributed by atoms with Gasteiger partial charge in [-0.05, 0) is 31.0 Å². The second-order valence-corrected chi connectivity index (χ2v) is 6.25. The van der Waals surface area contributed by atoms with E-state index in [4.69, 9.17) is 9.88 Å². The van der Waals surface area contributed by atoms with Crippen LogP contribution in [0.2, 0.25) is 0 Å². The number of carbonyl (C=O) groups excluding carboxylic acids is 1. The maximum atomic E-state index is 11.8. The standard InChI is InChI=1S/C12H16N2O4S/c1-14(2)12(15)8-3-6-10(18-9-4-5-9)11(7-8)19(13,16)17/h3,6-7,9H,4-5H2,1-2H3,(H2,13,16,17). The average molecular weight is 284 g/mol. The minimum absolute atomic E-state index is 0.0518. The number of amides is 1. The fourth-order valence-electron chi connectivity index (χ4n) is 1.58. The summed E-state index contributed by atoms with van der Waals surface area (Å²) in [6.45, 7) is 0. The van der Waals surface area contributed by atoms with E-state index in [1.807, 2.05) is 0 Å². The fourth-order valence-corrected chi connectivity index (χ4v) is 2.27. The van der Waals surface area contributed by atoms with E-state index in [1.54, 1.807) is 14.1 Å². The summed E-state index contributed by atoms with van der Waals surface area (Å²) in [6, 6.07) is 4.28.